The Labute approximate surface area is 115 Å². The lowest BCUT2D eigenvalue weighted by atomic mass is 10.3. The van der Waals surface area contributed by atoms with E-state index in [-0.39, 0.29) is 0 Å². The molecule has 19 heavy (non-hydrogen) atoms. The van der Waals surface area contributed by atoms with E-state index in [9.17, 15) is 0 Å². The predicted molar refractivity (Wildman–Crippen MR) is 74.4 cm³/mol. The van der Waals surface area contributed by atoms with Crippen LogP contribution in [-0.4, -0.2) is 26.0 Å². The fourth-order valence-electron chi connectivity index (χ4n) is 1.63. The van der Waals surface area contributed by atoms with Crippen LogP contribution in [0.2, 0.25) is 0 Å². The van der Waals surface area contributed by atoms with Crippen LogP contribution < -0.4 is 16.0 Å². The van der Waals surface area contributed by atoms with Crippen molar-refractivity contribution < 1.29 is 4.74 Å². The molecule has 0 aliphatic carbocycles. The molecule has 0 aromatic carbocycles. The van der Waals surface area contributed by atoms with Gasteiger partial charge >= 0.3 is 0 Å². The van der Waals surface area contributed by atoms with Gasteiger partial charge < -0.3 is 10.2 Å². The van der Waals surface area contributed by atoms with Gasteiger partial charge in [-0.05, 0) is 20.1 Å². The number of aryl methyl sites for hydroxylation is 2. The van der Waals surface area contributed by atoms with Gasteiger partial charge in [-0.2, -0.15) is 10.1 Å². The molecule has 0 unspecified atom stereocenters. The number of hydrogen-bond acceptors (Lipinski definition) is 7. The molecule has 0 bridgehead atoms. The maximum absolute atomic E-state index is 5.80. The minimum atomic E-state index is 0.437. The first kappa shape index (κ1) is 13.6. The fraction of sp³-hybridized carbons (Fsp3) is 0.364. The molecule has 2 aromatic heterocycles. The molecule has 7 nitrogen and oxygen atoms in total. The second kappa shape index (κ2) is 5.45. The van der Waals surface area contributed by atoms with Gasteiger partial charge in [-0.15, -0.1) is 0 Å². The first-order valence-corrected chi connectivity index (χ1v) is 6.85. The van der Waals surface area contributed by atoms with Gasteiger partial charge in [-0.1, -0.05) is 11.8 Å². The number of aromatic nitrogens is 4. The summed E-state index contributed by atoms with van der Waals surface area (Å²) in [5.41, 5.74) is 4.24. The summed E-state index contributed by atoms with van der Waals surface area (Å²) in [7, 11) is 1.87. The van der Waals surface area contributed by atoms with Crippen molar-refractivity contribution in [3.05, 3.63) is 17.5 Å². The number of hydrogen-bond donors (Lipinski definition) is 2. The summed E-state index contributed by atoms with van der Waals surface area (Å²) in [6.07, 6.45) is 1.89. The molecule has 0 fully saturated rings. The first-order valence-electron chi connectivity index (χ1n) is 5.63. The lowest BCUT2D eigenvalue weighted by Crippen LogP contribution is -2.09. The Balaban J connectivity index is 2.37. The zero-order valence-electron chi connectivity index (χ0n) is 11.3. The lowest BCUT2D eigenvalue weighted by molar-refractivity contribution is 0.448. The summed E-state index contributed by atoms with van der Waals surface area (Å²) in [5.74, 6) is 7.03. The van der Waals surface area contributed by atoms with Crippen LogP contribution in [-0.2, 0) is 7.05 Å². The quantitative estimate of drug-likeness (QED) is 0.380. The number of nitrogen functional groups attached to an aromatic ring is 1. The molecule has 0 aliphatic heterocycles. The molecule has 102 valence electrons. The Morgan fingerprint density at radius 1 is 1.37 bits per heavy atom. The summed E-state index contributed by atoms with van der Waals surface area (Å²) < 4.78 is 7.57. The molecule has 0 spiro atoms. The molecule has 2 heterocycles. The number of nitrogens with two attached hydrogens (primary N) is 1. The fourth-order valence-corrected chi connectivity index (χ4v) is 2.00. The summed E-state index contributed by atoms with van der Waals surface area (Å²) >= 11 is 1.42. The van der Waals surface area contributed by atoms with E-state index in [1.165, 1.54) is 11.8 Å². The van der Waals surface area contributed by atoms with Crippen LogP contribution in [0.3, 0.4) is 0 Å². The van der Waals surface area contributed by atoms with Crippen LogP contribution in [0, 0.1) is 13.8 Å². The highest BCUT2D eigenvalue weighted by Crippen LogP contribution is 2.28. The molecule has 0 radical (unpaired) electrons. The summed E-state index contributed by atoms with van der Waals surface area (Å²) in [5, 5.41) is 4.88. The Morgan fingerprint density at radius 2 is 2.11 bits per heavy atom. The second-order valence-electron chi connectivity index (χ2n) is 3.95. The van der Waals surface area contributed by atoms with Crippen LogP contribution in [0.5, 0.6) is 11.6 Å². The summed E-state index contributed by atoms with van der Waals surface area (Å²) in [6.45, 7) is 3.83. The molecule has 0 saturated heterocycles. The normalized spacial score (nSPS) is 10.6. The number of nitrogens with one attached hydrogen (secondary N) is 1. The van der Waals surface area contributed by atoms with Gasteiger partial charge in [0, 0.05) is 13.1 Å². The van der Waals surface area contributed by atoms with E-state index in [0.717, 1.165) is 11.4 Å². The van der Waals surface area contributed by atoms with Crippen molar-refractivity contribution >= 4 is 17.6 Å². The standard InChI is InChI=1S/C11H16N6OS/c1-6-10(7(2)17(3)16-6)18-9-5-8(15-12)13-11(14-9)19-4/h5H,12H2,1-4H3,(H,13,14,15). The Kier molecular flexibility index (Phi) is 3.91. The number of nitrogens with zero attached hydrogens (tertiary/aromatic N) is 4. The zero-order chi connectivity index (χ0) is 14.0. The van der Waals surface area contributed by atoms with E-state index >= 15 is 0 Å². The minimum Gasteiger partial charge on any atom is -0.435 e. The lowest BCUT2D eigenvalue weighted by Gasteiger charge is -2.08. The van der Waals surface area contributed by atoms with E-state index in [4.69, 9.17) is 10.6 Å². The highest BCUT2D eigenvalue weighted by Gasteiger charge is 2.13. The molecule has 0 amide bonds. The Bertz CT molecular complexity index is 575. The minimum absolute atomic E-state index is 0.437. The van der Waals surface area contributed by atoms with Crippen molar-refractivity contribution in [2.24, 2.45) is 12.9 Å². The second-order valence-corrected chi connectivity index (χ2v) is 4.72. The van der Waals surface area contributed by atoms with Gasteiger partial charge in [0.2, 0.25) is 5.88 Å². The molecular formula is C11H16N6OS. The van der Waals surface area contributed by atoms with Crippen molar-refractivity contribution in [1.82, 2.24) is 19.7 Å². The van der Waals surface area contributed by atoms with Gasteiger partial charge in [0.05, 0.1) is 5.69 Å². The molecular weight excluding hydrogens is 264 g/mol. The number of ether oxygens (including phenoxy) is 1. The van der Waals surface area contributed by atoms with E-state index in [2.05, 4.69) is 20.5 Å². The van der Waals surface area contributed by atoms with Crippen LogP contribution in [0.15, 0.2) is 11.2 Å². The van der Waals surface area contributed by atoms with Gasteiger partial charge in [-0.25, -0.2) is 10.8 Å². The van der Waals surface area contributed by atoms with Crippen molar-refractivity contribution in [3.63, 3.8) is 0 Å². The molecule has 3 N–H and O–H groups in total. The molecule has 2 aromatic rings. The average Bonchev–Trinajstić information content (AvgIpc) is 2.65. The first-order chi connectivity index (χ1) is 9.05. The zero-order valence-corrected chi connectivity index (χ0v) is 12.1. The smallest absolute Gasteiger partial charge is 0.225 e. The van der Waals surface area contributed by atoms with E-state index < -0.39 is 0 Å². The molecule has 0 atom stereocenters. The molecule has 8 heteroatoms. The third-order valence-electron chi connectivity index (χ3n) is 2.66. The van der Waals surface area contributed by atoms with Crippen molar-refractivity contribution in [2.75, 3.05) is 11.7 Å². The van der Waals surface area contributed by atoms with Gasteiger partial charge in [0.25, 0.3) is 0 Å². The van der Waals surface area contributed by atoms with Gasteiger partial charge in [0.15, 0.2) is 10.9 Å². The van der Waals surface area contributed by atoms with Gasteiger partial charge in [0.1, 0.15) is 11.5 Å². The summed E-state index contributed by atoms with van der Waals surface area (Å²) in [4.78, 5) is 8.46. The topological polar surface area (TPSA) is 90.9 Å². The Morgan fingerprint density at radius 3 is 2.63 bits per heavy atom. The van der Waals surface area contributed by atoms with Crippen LogP contribution in [0.1, 0.15) is 11.4 Å². The highest BCUT2D eigenvalue weighted by molar-refractivity contribution is 7.98. The number of anilines is 1. The maximum Gasteiger partial charge on any atom is 0.225 e. The molecule has 0 saturated carbocycles. The SMILES string of the molecule is CSc1nc(NN)cc(Oc2c(C)nn(C)c2C)n1. The molecule has 2 rings (SSSR count). The predicted octanol–water partition coefficient (Wildman–Crippen LogP) is 1.63. The highest BCUT2D eigenvalue weighted by atomic mass is 32.2. The third-order valence-corrected chi connectivity index (χ3v) is 3.21. The monoisotopic (exact) mass is 280 g/mol. The number of hydrazine groups is 1. The van der Waals surface area contributed by atoms with Gasteiger partial charge in [-0.3, -0.25) is 4.68 Å². The number of rotatable bonds is 4. The molecule has 0 aliphatic rings. The Hall–Kier alpha value is -1.80. The van der Waals surface area contributed by atoms with E-state index in [1.54, 1.807) is 10.7 Å². The van der Waals surface area contributed by atoms with Crippen LogP contribution in [0.4, 0.5) is 5.82 Å². The van der Waals surface area contributed by atoms with Crippen LogP contribution >= 0.6 is 11.8 Å². The third kappa shape index (κ3) is 2.79. The van der Waals surface area contributed by atoms with Crippen molar-refractivity contribution in [1.29, 1.82) is 0 Å². The largest absolute Gasteiger partial charge is 0.435 e. The maximum atomic E-state index is 5.80. The summed E-state index contributed by atoms with van der Waals surface area (Å²) in [6, 6.07) is 1.64. The van der Waals surface area contributed by atoms with Crippen LogP contribution in [0.25, 0.3) is 0 Å². The van der Waals surface area contributed by atoms with E-state index in [0.29, 0.717) is 22.6 Å². The number of thioether (sulfide) groups is 1. The van der Waals surface area contributed by atoms with Crippen molar-refractivity contribution in [3.8, 4) is 11.6 Å². The van der Waals surface area contributed by atoms with E-state index in [1.807, 2.05) is 27.2 Å². The average molecular weight is 280 g/mol. The van der Waals surface area contributed by atoms with Crippen molar-refractivity contribution in [2.45, 2.75) is 19.0 Å².